The van der Waals surface area contributed by atoms with Gasteiger partial charge in [-0.25, -0.2) is 8.42 Å². The van der Waals surface area contributed by atoms with E-state index >= 15 is 0 Å². The Morgan fingerprint density at radius 1 is 1.19 bits per heavy atom. The van der Waals surface area contributed by atoms with E-state index in [2.05, 4.69) is 0 Å². The summed E-state index contributed by atoms with van der Waals surface area (Å²) in [5.41, 5.74) is 3.15. The summed E-state index contributed by atoms with van der Waals surface area (Å²) in [6, 6.07) is 5.91. The molecule has 1 aromatic rings. The zero-order valence-electron chi connectivity index (χ0n) is 10.4. The first-order valence-corrected chi connectivity index (χ1v) is 7.39. The monoisotopic (exact) mass is 240 g/mol. The highest BCUT2D eigenvalue weighted by atomic mass is 32.2. The van der Waals surface area contributed by atoms with E-state index in [1.54, 1.807) is 0 Å². The molecule has 16 heavy (non-hydrogen) atoms. The van der Waals surface area contributed by atoms with Crippen LogP contribution in [-0.2, 0) is 15.6 Å². The lowest BCUT2D eigenvalue weighted by molar-refractivity contribution is 0.581. The Hall–Kier alpha value is -0.830. The van der Waals surface area contributed by atoms with Gasteiger partial charge in [0.15, 0.2) is 9.84 Å². The van der Waals surface area contributed by atoms with E-state index in [1.165, 1.54) is 5.56 Å². The summed E-state index contributed by atoms with van der Waals surface area (Å²) in [5, 5.41) is 0. The molecule has 3 heteroatoms. The lowest BCUT2D eigenvalue weighted by Crippen LogP contribution is -2.14. The summed E-state index contributed by atoms with van der Waals surface area (Å²) in [4.78, 5) is 0. The standard InChI is InChI=1S/C13H20O2S/c1-10(2)8-16(14,15)9-13-6-5-11(3)7-12(13)4/h5-7,10H,8-9H2,1-4H3. The van der Waals surface area contributed by atoms with Crippen molar-refractivity contribution in [3.8, 4) is 0 Å². The van der Waals surface area contributed by atoms with Crippen LogP contribution in [-0.4, -0.2) is 14.2 Å². The smallest absolute Gasteiger partial charge is 0.154 e. The van der Waals surface area contributed by atoms with Crippen molar-refractivity contribution in [1.29, 1.82) is 0 Å². The molecule has 0 bridgehead atoms. The maximum atomic E-state index is 11.8. The lowest BCUT2D eigenvalue weighted by atomic mass is 10.1. The third kappa shape index (κ3) is 3.97. The first-order chi connectivity index (χ1) is 7.30. The molecule has 0 aromatic heterocycles. The van der Waals surface area contributed by atoms with Gasteiger partial charge in [-0.1, -0.05) is 37.6 Å². The molecule has 0 atom stereocenters. The van der Waals surface area contributed by atoms with Crippen molar-refractivity contribution in [3.63, 3.8) is 0 Å². The predicted octanol–water partition coefficient (Wildman–Crippen LogP) is 2.87. The summed E-state index contributed by atoms with van der Waals surface area (Å²) in [6.07, 6.45) is 0. The van der Waals surface area contributed by atoms with Gasteiger partial charge in [0.25, 0.3) is 0 Å². The van der Waals surface area contributed by atoms with Crippen LogP contribution in [0.15, 0.2) is 18.2 Å². The molecule has 0 N–H and O–H groups in total. The van der Waals surface area contributed by atoms with Gasteiger partial charge in [0.1, 0.15) is 0 Å². The average molecular weight is 240 g/mol. The second kappa shape index (κ2) is 5.00. The molecule has 0 amide bonds. The van der Waals surface area contributed by atoms with E-state index in [9.17, 15) is 8.42 Å². The predicted molar refractivity (Wildman–Crippen MR) is 68.2 cm³/mol. The molecule has 2 nitrogen and oxygen atoms in total. The van der Waals surface area contributed by atoms with Crippen LogP contribution < -0.4 is 0 Å². The fourth-order valence-electron chi connectivity index (χ4n) is 1.81. The summed E-state index contributed by atoms with van der Waals surface area (Å²) in [7, 11) is -2.97. The van der Waals surface area contributed by atoms with Crippen molar-refractivity contribution in [2.75, 3.05) is 5.75 Å². The first-order valence-electron chi connectivity index (χ1n) is 5.57. The SMILES string of the molecule is Cc1ccc(CS(=O)(=O)CC(C)C)c(C)c1. The highest BCUT2D eigenvalue weighted by molar-refractivity contribution is 7.90. The number of rotatable bonds is 4. The second-order valence-corrected chi connectivity index (χ2v) is 6.99. The minimum atomic E-state index is -2.97. The Morgan fingerprint density at radius 3 is 2.31 bits per heavy atom. The van der Waals surface area contributed by atoms with Crippen LogP contribution in [0.25, 0.3) is 0 Å². The van der Waals surface area contributed by atoms with Crippen molar-refractivity contribution in [3.05, 3.63) is 34.9 Å². The molecule has 1 aromatic carbocycles. The Balaban J connectivity index is 2.88. The van der Waals surface area contributed by atoms with E-state index in [4.69, 9.17) is 0 Å². The van der Waals surface area contributed by atoms with E-state index in [-0.39, 0.29) is 17.4 Å². The van der Waals surface area contributed by atoms with Crippen LogP contribution in [0, 0.1) is 19.8 Å². The zero-order valence-corrected chi connectivity index (χ0v) is 11.3. The topological polar surface area (TPSA) is 34.1 Å². The molecule has 0 aliphatic rings. The lowest BCUT2D eigenvalue weighted by Gasteiger charge is -2.09. The van der Waals surface area contributed by atoms with E-state index in [1.807, 2.05) is 45.9 Å². The number of hydrogen-bond acceptors (Lipinski definition) is 2. The number of benzene rings is 1. The molecule has 90 valence electrons. The van der Waals surface area contributed by atoms with Crippen molar-refractivity contribution >= 4 is 9.84 Å². The van der Waals surface area contributed by atoms with Gasteiger partial charge in [0.2, 0.25) is 0 Å². The second-order valence-electron chi connectivity index (χ2n) is 4.88. The minimum Gasteiger partial charge on any atom is -0.228 e. The van der Waals surface area contributed by atoms with Crippen molar-refractivity contribution in [1.82, 2.24) is 0 Å². The maximum absolute atomic E-state index is 11.8. The van der Waals surface area contributed by atoms with Gasteiger partial charge < -0.3 is 0 Å². The van der Waals surface area contributed by atoms with E-state index < -0.39 is 9.84 Å². The molecular weight excluding hydrogens is 220 g/mol. The largest absolute Gasteiger partial charge is 0.228 e. The minimum absolute atomic E-state index is 0.164. The summed E-state index contributed by atoms with van der Waals surface area (Å²) in [6.45, 7) is 7.84. The summed E-state index contributed by atoms with van der Waals surface area (Å²) in [5.74, 6) is 0.619. The molecule has 0 saturated heterocycles. The van der Waals surface area contributed by atoms with Crippen LogP contribution in [0.3, 0.4) is 0 Å². The molecule has 0 unspecified atom stereocenters. The Morgan fingerprint density at radius 2 is 1.81 bits per heavy atom. The summed E-state index contributed by atoms with van der Waals surface area (Å²) < 4.78 is 23.7. The number of hydrogen-bond donors (Lipinski definition) is 0. The fraction of sp³-hybridized carbons (Fsp3) is 0.538. The van der Waals surface area contributed by atoms with Crippen molar-refractivity contribution < 1.29 is 8.42 Å². The normalized spacial score (nSPS) is 12.1. The van der Waals surface area contributed by atoms with Gasteiger partial charge in [-0.2, -0.15) is 0 Å². The van der Waals surface area contributed by atoms with Crippen LogP contribution in [0.5, 0.6) is 0 Å². The van der Waals surface area contributed by atoms with Crippen LogP contribution in [0.4, 0.5) is 0 Å². The number of aryl methyl sites for hydroxylation is 2. The quantitative estimate of drug-likeness (QED) is 0.811. The third-order valence-electron chi connectivity index (χ3n) is 2.46. The van der Waals surface area contributed by atoms with Crippen LogP contribution >= 0.6 is 0 Å². The van der Waals surface area contributed by atoms with Crippen molar-refractivity contribution in [2.24, 2.45) is 5.92 Å². The molecule has 0 saturated carbocycles. The van der Waals surface area contributed by atoms with Crippen LogP contribution in [0.2, 0.25) is 0 Å². The van der Waals surface area contributed by atoms with Gasteiger partial charge in [-0.15, -0.1) is 0 Å². The molecular formula is C13H20O2S. The maximum Gasteiger partial charge on any atom is 0.154 e. The highest BCUT2D eigenvalue weighted by Crippen LogP contribution is 2.15. The fourth-order valence-corrected chi connectivity index (χ4v) is 3.74. The molecule has 0 fully saturated rings. The van der Waals surface area contributed by atoms with Crippen molar-refractivity contribution in [2.45, 2.75) is 33.4 Å². The van der Waals surface area contributed by atoms with Crippen LogP contribution in [0.1, 0.15) is 30.5 Å². The van der Waals surface area contributed by atoms with Gasteiger partial charge in [-0.3, -0.25) is 0 Å². The average Bonchev–Trinajstić information content (AvgIpc) is 2.07. The Bertz CT molecular complexity index is 459. The molecule has 1 rings (SSSR count). The molecule has 0 aliphatic heterocycles. The highest BCUT2D eigenvalue weighted by Gasteiger charge is 2.15. The molecule has 0 spiro atoms. The number of sulfone groups is 1. The Labute approximate surface area is 98.6 Å². The molecule has 0 heterocycles. The summed E-state index contributed by atoms with van der Waals surface area (Å²) >= 11 is 0. The Kier molecular flexibility index (Phi) is 4.14. The zero-order chi connectivity index (χ0) is 12.3. The molecule has 0 radical (unpaired) electrons. The van der Waals surface area contributed by atoms with Gasteiger partial charge in [0, 0.05) is 0 Å². The van der Waals surface area contributed by atoms with Gasteiger partial charge >= 0.3 is 0 Å². The first kappa shape index (κ1) is 13.2. The van der Waals surface area contributed by atoms with Gasteiger partial charge in [-0.05, 0) is 30.9 Å². The van der Waals surface area contributed by atoms with Gasteiger partial charge in [0.05, 0.1) is 11.5 Å². The van der Waals surface area contributed by atoms with E-state index in [0.29, 0.717) is 0 Å². The molecule has 0 aliphatic carbocycles. The van der Waals surface area contributed by atoms with E-state index in [0.717, 1.165) is 11.1 Å². The third-order valence-corrected chi connectivity index (χ3v) is 4.39.